The topological polar surface area (TPSA) is 89.4 Å². The van der Waals surface area contributed by atoms with Crippen molar-refractivity contribution < 1.29 is 18.3 Å². The van der Waals surface area contributed by atoms with Crippen LogP contribution in [0, 0.1) is 0 Å². The Hall–Kier alpha value is -1.38. The van der Waals surface area contributed by atoms with Gasteiger partial charge in [0.05, 0.1) is 27.2 Å². The van der Waals surface area contributed by atoms with Crippen LogP contribution in [0.15, 0.2) is 33.9 Å². The van der Waals surface area contributed by atoms with Crippen LogP contribution in [0.1, 0.15) is 5.69 Å². The van der Waals surface area contributed by atoms with Gasteiger partial charge in [0, 0.05) is 18.5 Å². The summed E-state index contributed by atoms with van der Waals surface area (Å²) in [6.45, 7) is 0. The van der Waals surface area contributed by atoms with Crippen LogP contribution in [0.25, 0.3) is 0 Å². The van der Waals surface area contributed by atoms with Crippen LogP contribution in [0.2, 0.25) is 5.02 Å². The van der Waals surface area contributed by atoms with E-state index in [4.69, 9.17) is 16.3 Å². The second-order valence-electron chi connectivity index (χ2n) is 4.04. The van der Waals surface area contributed by atoms with E-state index in [9.17, 15) is 13.5 Å². The predicted molar refractivity (Wildman–Crippen MR) is 80.3 cm³/mol. The first-order valence-corrected chi connectivity index (χ1v) is 8.41. The van der Waals surface area contributed by atoms with E-state index < -0.39 is 15.6 Å². The fourth-order valence-electron chi connectivity index (χ4n) is 1.56. The molecule has 9 heteroatoms. The van der Waals surface area contributed by atoms with Gasteiger partial charge in [0.15, 0.2) is 9.84 Å². The first-order valence-electron chi connectivity index (χ1n) is 5.59. The Labute approximate surface area is 134 Å². The van der Waals surface area contributed by atoms with Crippen molar-refractivity contribution in [3.8, 4) is 11.6 Å². The Morgan fingerprint density at radius 2 is 2.05 bits per heavy atom. The summed E-state index contributed by atoms with van der Waals surface area (Å²) >= 11 is 8.83. The average Bonchev–Trinajstić information content (AvgIpc) is 2.42. The van der Waals surface area contributed by atoms with E-state index in [2.05, 4.69) is 25.9 Å². The molecule has 0 aliphatic heterocycles. The first kappa shape index (κ1) is 16.0. The molecule has 0 aliphatic rings. The van der Waals surface area contributed by atoms with Crippen molar-refractivity contribution in [2.75, 3.05) is 7.11 Å². The third-order valence-electron chi connectivity index (χ3n) is 2.58. The lowest BCUT2D eigenvalue weighted by Gasteiger charge is -2.08. The highest BCUT2D eigenvalue weighted by atomic mass is 79.9. The lowest BCUT2D eigenvalue weighted by atomic mass is 10.3. The highest BCUT2D eigenvalue weighted by Crippen LogP contribution is 2.28. The Balaban J connectivity index is 2.36. The van der Waals surface area contributed by atoms with Crippen molar-refractivity contribution in [3.63, 3.8) is 0 Å². The zero-order chi connectivity index (χ0) is 15.6. The summed E-state index contributed by atoms with van der Waals surface area (Å²) in [6, 6.07) is 2.62. The van der Waals surface area contributed by atoms with Gasteiger partial charge in [0.25, 0.3) is 0 Å². The fraction of sp³-hybridized carbons (Fsp3) is 0.167. The number of aromatic hydroxyl groups is 1. The molecule has 0 aliphatic carbocycles. The number of rotatable bonds is 4. The van der Waals surface area contributed by atoms with Crippen LogP contribution in [0.5, 0.6) is 11.6 Å². The molecule has 0 radical (unpaired) electrons. The number of halogens is 2. The van der Waals surface area contributed by atoms with Gasteiger partial charge >= 0.3 is 0 Å². The number of methoxy groups -OCH3 is 1. The largest absolute Gasteiger partial charge is 0.506 e. The van der Waals surface area contributed by atoms with E-state index in [0.29, 0.717) is 4.47 Å². The summed E-state index contributed by atoms with van der Waals surface area (Å²) in [5.41, 5.74) is 0.0198. The molecule has 21 heavy (non-hydrogen) atoms. The molecule has 0 spiro atoms. The monoisotopic (exact) mass is 392 g/mol. The van der Waals surface area contributed by atoms with E-state index in [1.165, 1.54) is 31.6 Å². The smallest absolute Gasteiger partial charge is 0.227 e. The molecule has 0 saturated heterocycles. The maximum absolute atomic E-state index is 12.3. The minimum Gasteiger partial charge on any atom is -0.506 e. The number of aromatic nitrogens is 2. The number of sulfone groups is 1. The van der Waals surface area contributed by atoms with Crippen LogP contribution in [-0.4, -0.2) is 30.6 Å². The van der Waals surface area contributed by atoms with Gasteiger partial charge in [-0.05, 0) is 22.0 Å². The second kappa shape index (κ2) is 6.17. The van der Waals surface area contributed by atoms with E-state index >= 15 is 0 Å². The van der Waals surface area contributed by atoms with Crippen LogP contribution in [-0.2, 0) is 15.6 Å². The fourth-order valence-corrected chi connectivity index (χ4v) is 3.63. The number of nitrogens with zero attached hydrogens (tertiary/aromatic N) is 2. The Morgan fingerprint density at radius 1 is 1.33 bits per heavy atom. The lowest BCUT2D eigenvalue weighted by molar-refractivity contribution is 0.394. The van der Waals surface area contributed by atoms with E-state index in [1.807, 2.05) is 0 Å². The molecule has 2 heterocycles. The van der Waals surface area contributed by atoms with E-state index in [1.54, 1.807) is 0 Å². The summed E-state index contributed by atoms with van der Waals surface area (Å²) in [6.07, 6.45) is 2.46. The number of hydrogen-bond acceptors (Lipinski definition) is 6. The first-order chi connectivity index (χ1) is 9.83. The van der Waals surface area contributed by atoms with Gasteiger partial charge < -0.3 is 9.84 Å². The molecule has 0 saturated carbocycles. The third-order valence-corrected chi connectivity index (χ3v) is 4.95. The average molecular weight is 394 g/mol. The number of ether oxygens (including phenoxy) is 1. The molecule has 0 atom stereocenters. The molecule has 2 rings (SSSR count). The zero-order valence-electron chi connectivity index (χ0n) is 10.7. The highest BCUT2D eigenvalue weighted by Gasteiger charge is 2.20. The quantitative estimate of drug-likeness (QED) is 0.859. The highest BCUT2D eigenvalue weighted by molar-refractivity contribution is 9.10. The lowest BCUT2D eigenvalue weighted by Crippen LogP contribution is -2.07. The normalized spacial score (nSPS) is 11.4. The van der Waals surface area contributed by atoms with E-state index in [-0.39, 0.29) is 27.2 Å². The maximum Gasteiger partial charge on any atom is 0.227 e. The van der Waals surface area contributed by atoms with Crippen LogP contribution in [0.4, 0.5) is 0 Å². The van der Waals surface area contributed by atoms with Crippen molar-refractivity contribution in [2.45, 2.75) is 10.6 Å². The SMILES string of the molecule is COc1ncc(S(=O)(=O)Cc2ncc(Cl)cc2O)cc1Br. The summed E-state index contributed by atoms with van der Waals surface area (Å²) in [5, 5.41) is 9.91. The molecular formula is C12H10BrClN2O4S. The van der Waals surface area contributed by atoms with Crippen LogP contribution < -0.4 is 4.74 Å². The second-order valence-corrected chi connectivity index (χ2v) is 7.32. The van der Waals surface area contributed by atoms with Gasteiger partial charge in [-0.3, -0.25) is 4.98 Å². The van der Waals surface area contributed by atoms with Gasteiger partial charge in [-0.25, -0.2) is 13.4 Å². The molecule has 1 N–H and O–H groups in total. The molecule has 2 aromatic heterocycles. The van der Waals surface area contributed by atoms with Crippen molar-refractivity contribution in [1.82, 2.24) is 9.97 Å². The van der Waals surface area contributed by atoms with E-state index in [0.717, 1.165) is 0 Å². The summed E-state index contributed by atoms with van der Waals surface area (Å²) in [4.78, 5) is 7.71. The molecule has 6 nitrogen and oxygen atoms in total. The molecular weight excluding hydrogens is 384 g/mol. The number of hydrogen-bond donors (Lipinski definition) is 1. The van der Waals surface area contributed by atoms with Gasteiger partial charge in [0.1, 0.15) is 11.5 Å². The zero-order valence-corrected chi connectivity index (χ0v) is 13.9. The summed E-state index contributed by atoms with van der Waals surface area (Å²) in [7, 11) is -2.28. The Morgan fingerprint density at radius 3 is 2.62 bits per heavy atom. The van der Waals surface area contributed by atoms with Crippen molar-refractivity contribution in [1.29, 1.82) is 0 Å². The number of pyridine rings is 2. The minimum atomic E-state index is -3.71. The standard InChI is InChI=1S/C12H10BrClN2O4S/c1-20-12-9(13)3-8(5-16-12)21(18,19)6-10-11(17)2-7(14)4-15-10/h2-5,17H,6H2,1H3. The van der Waals surface area contributed by atoms with Crippen molar-refractivity contribution >= 4 is 37.4 Å². The molecule has 0 amide bonds. The van der Waals surface area contributed by atoms with Crippen LogP contribution in [0.3, 0.4) is 0 Å². The Bertz CT molecular complexity index is 783. The minimum absolute atomic E-state index is 0.00803. The van der Waals surface area contributed by atoms with Crippen molar-refractivity contribution in [2.24, 2.45) is 0 Å². The van der Waals surface area contributed by atoms with Crippen LogP contribution >= 0.6 is 27.5 Å². The van der Waals surface area contributed by atoms with Gasteiger partial charge in [-0.15, -0.1) is 0 Å². The molecule has 0 unspecified atom stereocenters. The van der Waals surface area contributed by atoms with Gasteiger partial charge in [0.2, 0.25) is 5.88 Å². The summed E-state index contributed by atoms with van der Waals surface area (Å²) in [5.74, 6) is -0.454. The molecule has 112 valence electrons. The predicted octanol–water partition coefficient (Wildman–Crippen LogP) is 2.58. The molecule has 0 fully saturated rings. The maximum atomic E-state index is 12.3. The Kier molecular flexibility index (Phi) is 4.70. The van der Waals surface area contributed by atoms with Crippen molar-refractivity contribution in [3.05, 3.63) is 39.7 Å². The molecule has 2 aromatic rings. The molecule has 0 bridgehead atoms. The van der Waals surface area contributed by atoms with Gasteiger partial charge in [-0.1, -0.05) is 11.6 Å². The van der Waals surface area contributed by atoms with Gasteiger partial charge in [-0.2, -0.15) is 0 Å². The molecule has 0 aromatic carbocycles. The third kappa shape index (κ3) is 3.63. The summed E-state index contributed by atoms with van der Waals surface area (Å²) < 4.78 is 30.0.